The van der Waals surface area contributed by atoms with Gasteiger partial charge in [-0.2, -0.15) is 0 Å². The van der Waals surface area contributed by atoms with Crippen LogP contribution in [0.2, 0.25) is 0 Å². The Balaban J connectivity index is 1.48. The summed E-state index contributed by atoms with van der Waals surface area (Å²) < 4.78 is 11.2. The number of aliphatic imine (C=N–C) groups is 1. The number of unbranched alkanes of at least 4 members (excludes halogenated alkanes) is 7. The number of hydrogen-bond acceptors (Lipinski definition) is 5. The van der Waals surface area contributed by atoms with Gasteiger partial charge in [-0.15, -0.1) is 0 Å². The van der Waals surface area contributed by atoms with Gasteiger partial charge >= 0.3 is 5.97 Å². The molecule has 3 rings (SSSR count). The quantitative estimate of drug-likeness (QED) is 0.0895. The van der Waals surface area contributed by atoms with Gasteiger partial charge in [0.25, 0.3) is 0 Å². The maximum absolute atomic E-state index is 12.5. The summed E-state index contributed by atoms with van der Waals surface area (Å²) in [5, 5.41) is 10.4. The standard InChI is InChI=1S/C33H41NO4/c1-3-5-7-9-11-23-37-30-20-15-27(16-21-30)33(36)38-31-22-17-28(32(35)24-31)25-34-29-18-13-26(14-19-29)12-10-8-6-4-2/h13-22,24-25,35H,3-12,23H2,1-2H3. The molecule has 38 heavy (non-hydrogen) atoms. The predicted octanol–water partition coefficient (Wildman–Crippen LogP) is 8.83. The van der Waals surface area contributed by atoms with E-state index in [0.29, 0.717) is 17.7 Å². The average Bonchev–Trinajstić information content (AvgIpc) is 2.93. The van der Waals surface area contributed by atoms with Crippen LogP contribution in [0.5, 0.6) is 17.2 Å². The molecule has 0 aliphatic carbocycles. The summed E-state index contributed by atoms with van der Waals surface area (Å²) in [6.45, 7) is 5.09. The summed E-state index contributed by atoms with van der Waals surface area (Å²) in [7, 11) is 0. The van der Waals surface area contributed by atoms with Crippen molar-refractivity contribution in [3.63, 3.8) is 0 Å². The summed E-state index contributed by atoms with van der Waals surface area (Å²) in [4.78, 5) is 17.0. The Morgan fingerprint density at radius 2 is 1.45 bits per heavy atom. The van der Waals surface area contributed by atoms with Crippen molar-refractivity contribution in [3.8, 4) is 17.2 Å². The minimum absolute atomic E-state index is 0.00530. The van der Waals surface area contributed by atoms with Gasteiger partial charge in [-0.3, -0.25) is 4.99 Å². The molecular formula is C33H41NO4. The van der Waals surface area contributed by atoms with Crippen molar-refractivity contribution in [2.24, 2.45) is 4.99 Å². The van der Waals surface area contributed by atoms with Crippen LogP contribution in [-0.4, -0.2) is 23.9 Å². The fraction of sp³-hybridized carbons (Fsp3) is 0.394. The zero-order chi connectivity index (χ0) is 27.0. The van der Waals surface area contributed by atoms with Crippen LogP contribution in [0.4, 0.5) is 5.69 Å². The molecule has 5 nitrogen and oxygen atoms in total. The maximum Gasteiger partial charge on any atom is 0.343 e. The number of esters is 1. The highest BCUT2D eigenvalue weighted by Crippen LogP contribution is 2.25. The molecule has 0 bridgehead atoms. The number of phenols is 1. The van der Waals surface area contributed by atoms with E-state index in [1.807, 2.05) is 12.1 Å². The van der Waals surface area contributed by atoms with Gasteiger partial charge in [-0.1, -0.05) is 70.9 Å². The monoisotopic (exact) mass is 515 g/mol. The first-order valence-corrected chi connectivity index (χ1v) is 14.0. The van der Waals surface area contributed by atoms with E-state index in [1.165, 1.54) is 63.0 Å². The van der Waals surface area contributed by atoms with Gasteiger partial charge in [0, 0.05) is 17.8 Å². The lowest BCUT2D eigenvalue weighted by atomic mass is 10.1. The van der Waals surface area contributed by atoms with Gasteiger partial charge in [0.1, 0.15) is 17.2 Å². The summed E-state index contributed by atoms with van der Waals surface area (Å²) in [5.41, 5.74) is 3.10. The smallest absolute Gasteiger partial charge is 0.343 e. The van der Waals surface area contributed by atoms with E-state index >= 15 is 0 Å². The highest BCUT2D eigenvalue weighted by molar-refractivity contribution is 5.91. The summed E-state index contributed by atoms with van der Waals surface area (Å²) in [6, 6.07) is 19.9. The predicted molar refractivity (Wildman–Crippen MR) is 155 cm³/mol. The fourth-order valence-corrected chi connectivity index (χ4v) is 4.09. The normalized spacial score (nSPS) is 11.1. The number of nitrogens with zero attached hydrogens (tertiary/aromatic N) is 1. The molecule has 202 valence electrons. The van der Waals surface area contributed by atoms with Crippen LogP contribution in [0.15, 0.2) is 71.7 Å². The largest absolute Gasteiger partial charge is 0.507 e. The highest BCUT2D eigenvalue weighted by Gasteiger charge is 2.11. The molecule has 3 aromatic carbocycles. The van der Waals surface area contributed by atoms with E-state index in [1.54, 1.807) is 42.6 Å². The lowest BCUT2D eigenvalue weighted by Crippen LogP contribution is -2.08. The van der Waals surface area contributed by atoms with Crippen molar-refractivity contribution in [3.05, 3.63) is 83.4 Å². The molecule has 3 aromatic rings. The molecule has 0 amide bonds. The van der Waals surface area contributed by atoms with E-state index in [0.717, 1.165) is 24.3 Å². The molecule has 0 aliphatic rings. The number of rotatable bonds is 16. The lowest BCUT2D eigenvalue weighted by Gasteiger charge is -2.08. The molecule has 0 heterocycles. The molecule has 0 radical (unpaired) electrons. The Morgan fingerprint density at radius 3 is 2.13 bits per heavy atom. The summed E-state index contributed by atoms with van der Waals surface area (Å²) in [5.74, 6) is 0.505. The van der Waals surface area contributed by atoms with Crippen molar-refractivity contribution in [1.29, 1.82) is 0 Å². The van der Waals surface area contributed by atoms with Gasteiger partial charge < -0.3 is 14.6 Å². The van der Waals surface area contributed by atoms with Crippen molar-refractivity contribution in [2.75, 3.05) is 6.61 Å². The molecule has 0 unspecified atom stereocenters. The summed E-state index contributed by atoms with van der Waals surface area (Å²) in [6.07, 6.45) is 13.6. The van der Waals surface area contributed by atoms with Crippen molar-refractivity contribution < 1.29 is 19.4 Å². The number of ether oxygens (including phenoxy) is 2. The number of benzene rings is 3. The molecule has 5 heteroatoms. The van der Waals surface area contributed by atoms with E-state index in [4.69, 9.17) is 9.47 Å². The number of phenolic OH excluding ortho intramolecular Hbond substituents is 1. The molecule has 0 spiro atoms. The highest BCUT2D eigenvalue weighted by atomic mass is 16.5. The molecule has 0 fully saturated rings. The third kappa shape index (κ3) is 10.0. The number of aromatic hydroxyl groups is 1. The number of hydrogen-bond donors (Lipinski definition) is 1. The zero-order valence-corrected chi connectivity index (χ0v) is 22.8. The number of aryl methyl sites for hydroxylation is 1. The van der Waals surface area contributed by atoms with Crippen molar-refractivity contribution >= 4 is 17.9 Å². The Morgan fingerprint density at radius 1 is 0.789 bits per heavy atom. The molecule has 0 atom stereocenters. The second-order valence-electron chi connectivity index (χ2n) is 9.63. The Kier molecular flexibility index (Phi) is 12.4. The van der Waals surface area contributed by atoms with Crippen LogP contribution in [0, 0.1) is 0 Å². The Bertz CT molecular complexity index is 1140. The van der Waals surface area contributed by atoms with Crippen LogP contribution in [0.3, 0.4) is 0 Å². The second-order valence-corrected chi connectivity index (χ2v) is 9.63. The molecule has 0 aliphatic heterocycles. The van der Waals surface area contributed by atoms with E-state index in [9.17, 15) is 9.90 Å². The van der Waals surface area contributed by atoms with E-state index in [2.05, 4.69) is 31.0 Å². The zero-order valence-electron chi connectivity index (χ0n) is 22.8. The van der Waals surface area contributed by atoms with Crippen LogP contribution < -0.4 is 9.47 Å². The first kappa shape index (κ1) is 29.0. The Labute approximate surface area is 227 Å². The third-order valence-corrected chi connectivity index (χ3v) is 6.43. The van der Waals surface area contributed by atoms with Crippen LogP contribution in [0.25, 0.3) is 0 Å². The minimum atomic E-state index is -0.494. The average molecular weight is 516 g/mol. The SMILES string of the molecule is CCCCCCCOc1ccc(C(=O)Oc2ccc(C=Nc3ccc(CCCCCC)cc3)c(O)c2)cc1. The van der Waals surface area contributed by atoms with E-state index < -0.39 is 5.97 Å². The Hall–Kier alpha value is -3.60. The molecule has 0 saturated heterocycles. The fourth-order valence-electron chi connectivity index (χ4n) is 4.09. The van der Waals surface area contributed by atoms with Gasteiger partial charge in [-0.05, 0) is 73.4 Å². The van der Waals surface area contributed by atoms with Crippen LogP contribution in [0.1, 0.15) is 93.1 Å². The molecule has 0 saturated carbocycles. The lowest BCUT2D eigenvalue weighted by molar-refractivity contribution is 0.0734. The molecular weight excluding hydrogens is 474 g/mol. The first-order valence-electron chi connectivity index (χ1n) is 14.0. The first-order chi connectivity index (χ1) is 18.6. The number of carbonyl (C=O) groups excluding carboxylic acids is 1. The topological polar surface area (TPSA) is 68.1 Å². The minimum Gasteiger partial charge on any atom is -0.507 e. The van der Waals surface area contributed by atoms with Gasteiger partial charge in [-0.25, -0.2) is 4.79 Å². The molecule has 0 aromatic heterocycles. The third-order valence-electron chi connectivity index (χ3n) is 6.43. The van der Waals surface area contributed by atoms with Crippen molar-refractivity contribution in [2.45, 2.75) is 78.1 Å². The van der Waals surface area contributed by atoms with E-state index in [-0.39, 0.29) is 11.5 Å². The molecule has 1 N–H and O–H groups in total. The van der Waals surface area contributed by atoms with Crippen molar-refractivity contribution in [1.82, 2.24) is 0 Å². The maximum atomic E-state index is 12.5. The summed E-state index contributed by atoms with van der Waals surface area (Å²) >= 11 is 0. The number of carbonyl (C=O) groups is 1. The van der Waals surface area contributed by atoms with Gasteiger partial charge in [0.15, 0.2) is 0 Å². The van der Waals surface area contributed by atoms with Crippen LogP contribution >= 0.6 is 0 Å². The van der Waals surface area contributed by atoms with Gasteiger partial charge in [0.05, 0.1) is 17.9 Å². The van der Waals surface area contributed by atoms with Gasteiger partial charge in [0.2, 0.25) is 0 Å². The second kappa shape index (κ2) is 16.3. The van der Waals surface area contributed by atoms with Crippen LogP contribution in [-0.2, 0) is 6.42 Å².